The topological polar surface area (TPSA) is 82.0 Å². The Morgan fingerprint density at radius 2 is 1.83 bits per heavy atom. The van der Waals surface area contributed by atoms with Gasteiger partial charge in [-0.25, -0.2) is 4.39 Å². The molecule has 0 saturated carbocycles. The summed E-state index contributed by atoms with van der Waals surface area (Å²) in [7, 11) is 4.09. The second-order valence-electron chi connectivity index (χ2n) is 9.00. The van der Waals surface area contributed by atoms with Crippen molar-refractivity contribution < 1.29 is 19.1 Å². The van der Waals surface area contributed by atoms with Gasteiger partial charge in [0.2, 0.25) is 5.91 Å². The number of benzene rings is 3. The number of carbonyl (C=O) groups is 2. The van der Waals surface area contributed by atoms with Crippen molar-refractivity contribution in [2.75, 3.05) is 26.0 Å². The number of hydrogen-bond acceptors (Lipinski definition) is 4. The number of anilines is 1. The summed E-state index contributed by atoms with van der Waals surface area (Å²) >= 11 is 0. The van der Waals surface area contributed by atoms with E-state index in [4.69, 9.17) is 10.1 Å². The van der Waals surface area contributed by atoms with E-state index in [0.29, 0.717) is 28.1 Å². The zero-order valence-corrected chi connectivity index (χ0v) is 19.8. The van der Waals surface area contributed by atoms with Gasteiger partial charge in [-0.05, 0) is 80.0 Å². The van der Waals surface area contributed by atoms with E-state index in [-0.39, 0.29) is 12.3 Å². The molecule has 180 valence electrons. The maximum atomic E-state index is 13.8. The first-order valence-electron chi connectivity index (χ1n) is 11.5. The number of carbonyl (C=O) groups excluding carboxylic acids is 1. The molecule has 2 N–H and O–H groups in total. The van der Waals surface area contributed by atoms with E-state index in [0.717, 1.165) is 30.6 Å². The van der Waals surface area contributed by atoms with Crippen molar-refractivity contribution >= 4 is 29.0 Å². The van der Waals surface area contributed by atoms with Crippen LogP contribution in [0.15, 0.2) is 71.7 Å². The van der Waals surface area contributed by atoms with Crippen LogP contribution in [0.25, 0.3) is 0 Å². The Hall–Kier alpha value is -3.84. The molecule has 35 heavy (non-hydrogen) atoms. The van der Waals surface area contributed by atoms with Crippen LogP contribution in [-0.2, 0) is 22.4 Å². The zero-order chi connectivity index (χ0) is 24.9. The minimum atomic E-state index is -0.913. The molecule has 3 aromatic carbocycles. The molecule has 6 nitrogen and oxygen atoms in total. The molecule has 0 saturated heterocycles. The first-order valence-corrected chi connectivity index (χ1v) is 11.5. The highest BCUT2D eigenvalue weighted by Crippen LogP contribution is 2.37. The van der Waals surface area contributed by atoms with E-state index in [2.05, 4.69) is 16.3 Å². The van der Waals surface area contributed by atoms with Crippen LogP contribution in [0.1, 0.15) is 34.6 Å². The van der Waals surface area contributed by atoms with Gasteiger partial charge in [0.05, 0.1) is 17.8 Å². The third-order valence-electron chi connectivity index (χ3n) is 5.96. The van der Waals surface area contributed by atoms with Crippen LogP contribution in [0.3, 0.4) is 0 Å². The second-order valence-corrected chi connectivity index (χ2v) is 9.00. The fourth-order valence-electron chi connectivity index (χ4n) is 4.29. The normalized spacial score (nSPS) is 15.3. The van der Waals surface area contributed by atoms with Gasteiger partial charge in [0, 0.05) is 5.69 Å². The smallest absolute Gasteiger partial charge is 0.307 e. The molecule has 1 atom stereocenters. The summed E-state index contributed by atoms with van der Waals surface area (Å²) in [6.45, 7) is 0.983. The van der Waals surface area contributed by atoms with E-state index in [1.165, 1.54) is 12.1 Å². The SMILES string of the molecule is CN(C)CCCc1cccc(N=C(c2ccc(CC(=O)O)cc2)C2C(=O)Nc3cc(F)ccc32)c1. The number of nitrogens with zero attached hydrogens (tertiary/aromatic N) is 2. The van der Waals surface area contributed by atoms with E-state index >= 15 is 0 Å². The van der Waals surface area contributed by atoms with Crippen molar-refractivity contribution in [3.05, 3.63) is 94.8 Å². The number of aryl methyl sites for hydroxylation is 1. The first-order chi connectivity index (χ1) is 16.8. The van der Waals surface area contributed by atoms with E-state index in [1.807, 2.05) is 32.3 Å². The fourth-order valence-corrected chi connectivity index (χ4v) is 4.29. The van der Waals surface area contributed by atoms with Gasteiger partial charge >= 0.3 is 5.97 Å². The number of rotatable bonds is 9. The summed E-state index contributed by atoms with van der Waals surface area (Å²) in [6.07, 6.45) is 1.84. The maximum absolute atomic E-state index is 13.8. The third-order valence-corrected chi connectivity index (χ3v) is 5.96. The van der Waals surface area contributed by atoms with Crippen LogP contribution >= 0.6 is 0 Å². The van der Waals surface area contributed by atoms with Crippen molar-refractivity contribution in [2.45, 2.75) is 25.2 Å². The lowest BCUT2D eigenvalue weighted by Gasteiger charge is -2.15. The van der Waals surface area contributed by atoms with Crippen molar-refractivity contribution in [3.63, 3.8) is 0 Å². The molecule has 3 aromatic rings. The first kappa shape index (κ1) is 24.3. The lowest BCUT2D eigenvalue weighted by molar-refractivity contribution is -0.136. The van der Waals surface area contributed by atoms with Crippen LogP contribution in [0.4, 0.5) is 15.8 Å². The highest BCUT2D eigenvalue weighted by atomic mass is 19.1. The van der Waals surface area contributed by atoms with Crippen LogP contribution in [0.2, 0.25) is 0 Å². The molecular weight excluding hydrogens is 445 g/mol. The van der Waals surface area contributed by atoms with Crippen molar-refractivity contribution in [3.8, 4) is 0 Å². The number of carboxylic acids is 1. The number of carboxylic acid groups (broad SMARTS) is 1. The Morgan fingerprint density at radius 3 is 2.54 bits per heavy atom. The summed E-state index contributed by atoms with van der Waals surface area (Å²) in [6, 6.07) is 19.2. The number of fused-ring (bicyclic) bond motifs is 1. The fraction of sp³-hybridized carbons (Fsp3) is 0.250. The number of hydrogen-bond donors (Lipinski definition) is 2. The summed E-state index contributed by atoms with van der Waals surface area (Å²) < 4.78 is 13.8. The Labute approximate surface area is 204 Å². The van der Waals surface area contributed by atoms with E-state index < -0.39 is 17.7 Å². The predicted molar refractivity (Wildman–Crippen MR) is 135 cm³/mol. The number of nitrogens with one attached hydrogen (secondary N) is 1. The van der Waals surface area contributed by atoms with Crippen LogP contribution in [0.5, 0.6) is 0 Å². The lowest BCUT2D eigenvalue weighted by atomic mass is 9.90. The Kier molecular flexibility index (Phi) is 7.36. The zero-order valence-electron chi connectivity index (χ0n) is 19.8. The maximum Gasteiger partial charge on any atom is 0.307 e. The van der Waals surface area contributed by atoms with Gasteiger partial charge in [0.25, 0.3) is 0 Å². The Morgan fingerprint density at radius 1 is 1.06 bits per heavy atom. The number of aliphatic imine (C=N–C) groups is 1. The van der Waals surface area contributed by atoms with Gasteiger partial charge in [-0.1, -0.05) is 42.5 Å². The Bertz CT molecular complexity index is 1270. The molecule has 4 rings (SSSR count). The Balaban J connectivity index is 1.74. The molecule has 7 heteroatoms. The third kappa shape index (κ3) is 6.00. The summed E-state index contributed by atoms with van der Waals surface area (Å²) in [4.78, 5) is 31.2. The quantitative estimate of drug-likeness (QED) is 0.437. The molecule has 0 bridgehead atoms. The lowest BCUT2D eigenvalue weighted by Crippen LogP contribution is -2.22. The predicted octanol–water partition coefficient (Wildman–Crippen LogP) is 4.80. The van der Waals surface area contributed by atoms with Crippen molar-refractivity contribution in [2.24, 2.45) is 4.99 Å². The van der Waals surface area contributed by atoms with E-state index in [9.17, 15) is 14.0 Å². The minimum absolute atomic E-state index is 0.0895. The van der Waals surface area contributed by atoms with Gasteiger partial charge in [-0.3, -0.25) is 14.6 Å². The molecule has 0 radical (unpaired) electrons. The highest BCUT2D eigenvalue weighted by molar-refractivity contribution is 6.24. The molecule has 0 aliphatic carbocycles. The molecule has 1 amide bonds. The van der Waals surface area contributed by atoms with Gasteiger partial charge in [-0.2, -0.15) is 0 Å². The van der Waals surface area contributed by atoms with Gasteiger partial charge < -0.3 is 15.3 Å². The second kappa shape index (κ2) is 10.6. The number of halogens is 1. The highest BCUT2D eigenvalue weighted by Gasteiger charge is 2.35. The molecule has 1 unspecified atom stereocenters. The largest absolute Gasteiger partial charge is 0.481 e. The van der Waals surface area contributed by atoms with Crippen molar-refractivity contribution in [1.82, 2.24) is 4.90 Å². The average molecular weight is 474 g/mol. The molecule has 0 fully saturated rings. The summed E-state index contributed by atoms with van der Waals surface area (Å²) in [5.41, 5.74) is 4.86. The van der Waals surface area contributed by atoms with Gasteiger partial charge in [-0.15, -0.1) is 0 Å². The van der Waals surface area contributed by atoms with E-state index in [1.54, 1.807) is 30.3 Å². The van der Waals surface area contributed by atoms with Crippen molar-refractivity contribution in [1.29, 1.82) is 0 Å². The summed E-state index contributed by atoms with van der Waals surface area (Å²) in [5.74, 6) is -2.33. The molecule has 0 aromatic heterocycles. The van der Waals surface area contributed by atoms with Gasteiger partial charge in [0.15, 0.2) is 0 Å². The van der Waals surface area contributed by atoms with Crippen LogP contribution < -0.4 is 5.32 Å². The minimum Gasteiger partial charge on any atom is -0.481 e. The molecule has 1 aliphatic heterocycles. The number of amides is 1. The van der Waals surface area contributed by atoms with Crippen LogP contribution in [-0.4, -0.2) is 48.2 Å². The average Bonchev–Trinajstić information content (AvgIpc) is 3.12. The molecule has 1 aliphatic rings. The standard InChI is InChI=1S/C28H28FN3O3/c1-32(2)14-4-6-18-5-3-7-22(15-18)30-27(20-10-8-19(9-11-20)16-25(33)34)26-23-13-12-21(29)17-24(23)31-28(26)35/h3,5,7-13,15,17,26H,4,6,14,16H2,1-2H3,(H,31,35)(H,33,34). The van der Waals surface area contributed by atoms with Crippen LogP contribution in [0, 0.1) is 5.82 Å². The van der Waals surface area contributed by atoms with Gasteiger partial charge in [0.1, 0.15) is 11.7 Å². The monoisotopic (exact) mass is 473 g/mol. The summed E-state index contributed by atoms with van der Waals surface area (Å²) in [5, 5.41) is 11.9. The molecular formula is C28H28FN3O3. The molecule has 1 heterocycles. The number of aliphatic carboxylic acids is 1. The molecule has 0 spiro atoms.